The fraction of sp³-hybridized carbons (Fsp3) is 0.391. The fourth-order valence-corrected chi connectivity index (χ4v) is 4.89. The van der Waals surface area contributed by atoms with Gasteiger partial charge in [-0.1, -0.05) is 24.3 Å². The molecule has 2 bridgehead atoms. The topological polar surface area (TPSA) is 95.7 Å². The van der Waals surface area contributed by atoms with Crippen LogP contribution in [0.1, 0.15) is 47.2 Å². The molecule has 0 spiro atoms. The van der Waals surface area contributed by atoms with Gasteiger partial charge in [-0.25, -0.2) is 4.79 Å². The Balaban J connectivity index is 1.39. The Morgan fingerprint density at radius 1 is 0.966 bits per heavy atom. The van der Waals surface area contributed by atoms with Gasteiger partial charge in [0.2, 0.25) is 0 Å². The van der Waals surface area contributed by atoms with Crippen LogP contribution in [0.2, 0.25) is 0 Å². The van der Waals surface area contributed by atoms with Gasteiger partial charge in [0.25, 0.3) is 5.91 Å². The molecular weight excluding hydrogens is 366 g/mol. The molecule has 2 fully saturated rings. The van der Waals surface area contributed by atoms with Crippen LogP contribution in [0, 0.1) is 5.92 Å². The second kappa shape index (κ2) is 8.25. The lowest BCUT2D eigenvalue weighted by molar-refractivity contribution is 0.0524. The molecule has 2 saturated heterocycles. The molecular formula is C23H27N3O3. The summed E-state index contributed by atoms with van der Waals surface area (Å²) in [7, 11) is 0. The predicted octanol–water partition coefficient (Wildman–Crippen LogP) is 3.30. The van der Waals surface area contributed by atoms with Gasteiger partial charge in [0.15, 0.2) is 0 Å². The first-order valence-corrected chi connectivity index (χ1v) is 10.2. The van der Waals surface area contributed by atoms with Crippen LogP contribution in [0.25, 0.3) is 0 Å². The normalized spacial score (nSPS) is 23.1. The fourth-order valence-electron chi connectivity index (χ4n) is 4.89. The standard InChI is InChI=1S/C23H27N3O3/c24-23(29)25-19-7-3-15(4-8-19)11-17-12-20-9-10-21(13-17)26(20)22(28)18-5-1-16(14-27)2-6-18/h1-8,17,20-21,27H,9-14H2,(H3,24,25,29). The third-order valence-corrected chi connectivity index (χ3v) is 6.19. The Hall–Kier alpha value is -2.86. The molecule has 2 aromatic carbocycles. The summed E-state index contributed by atoms with van der Waals surface area (Å²) in [6.45, 7) is -0.00924. The van der Waals surface area contributed by atoms with Crippen LogP contribution in [-0.2, 0) is 13.0 Å². The third-order valence-electron chi connectivity index (χ3n) is 6.19. The second-order valence-corrected chi connectivity index (χ2v) is 8.18. The van der Waals surface area contributed by atoms with E-state index in [1.807, 2.05) is 48.5 Å². The molecule has 0 saturated carbocycles. The molecule has 2 aliphatic rings. The van der Waals surface area contributed by atoms with Gasteiger partial charge < -0.3 is 21.1 Å². The third kappa shape index (κ3) is 4.27. The van der Waals surface area contributed by atoms with Crippen LogP contribution in [-0.4, -0.2) is 34.0 Å². The van der Waals surface area contributed by atoms with Crippen molar-refractivity contribution in [2.75, 3.05) is 5.32 Å². The number of hydrogen-bond donors (Lipinski definition) is 3. The zero-order valence-corrected chi connectivity index (χ0v) is 16.4. The number of nitrogens with one attached hydrogen (secondary N) is 1. The Bertz CT molecular complexity index is 865. The van der Waals surface area contributed by atoms with E-state index in [-0.39, 0.29) is 12.5 Å². The summed E-state index contributed by atoms with van der Waals surface area (Å²) in [5.41, 5.74) is 8.62. The molecule has 2 atom stereocenters. The molecule has 6 heteroatoms. The van der Waals surface area contributed by atoms with Crippen molar-refractivity contribution in [1.29, 1.82) is 0 Å². The van der Waals surface area contributed by atoms with E-state index >= 15 is 0 Å². The van der Waals surface area contributed by atoms with Gasteiger partial charge in [-0.05, 0) is 73.4 Å². The lowest BCUT2D eigenvalue weighted by atomic mass is 9.85. The van der Waals surface area contributed by atoms with E-state index in [1.165, 1.54) is 5.56 Å². The molecule has 152 valence electrons. The molecule has 0 radical (unpaired) electrons. The minimum Gasteiger partial charge on any atom is -0.392 e. The average Bonchev–Trinajstić information content (AvgIpc) is 2.99. The first kappa shape index (κ1) is 19.5. The minimum atomic E-state index is -0.558. The van der Waals surface area contributed by atoms with Crippen molar-refractivity contribution >= 4 is 17.6 Å². The number of carbonyl (C=O) groups is 2. The number of amides is 3. The summed E-state index contributed by atoms with van der Waals surface area (Å²) in [5, 5.41) is 11.8. The number of anilines is 1. The van der Waals surface area contributed by atoms with Crippen molar-refractivity contribution in [1.82, 2.24) is 4.90 Å². The molecule has 2 heterocycles. The summed E-state index contributed by atoms with van der Waals surface area (Å²) in [5.74, 6) is 0.672. The number of piperidine rings is 1. The van der Waals surface area contributed by atoms with Gasteiger partial charge in [-0.2, -0.15) is 0 Å². The number of urea groups is 1. The number of carbonyl (C=O) groups excluding carboxylic acids is 2. The summed E-state index contributed by atoms with van der Waals surface area (Å²) in [6, 6.07) is 15.2. The van der Waals surface area contributed by atoms with Crippen molar-refractivity contribution in [3.05, 3.63) is 65.2 Å². The monoisotopic (exact) mass is 393 g/mol. The smallest absolute Gasteiger partial charge is 0.316 e. The highest BCUT2D eigenvalue weighted by Crippen LogP contribution is 2.40. The number of nitrogens with zero attached hydrogens (tertiary/aromatic N) is 1. The molecule has 29 heavy (non-hydrogen) atoms. The van der Waals surface area contributed by atoms with Crippen molar-refractivity contribution < 1.29 is 14.7 Å². The average molecular weight is 393 g/mol. The zero-order chi connectivity index (χ0) is 20.4. The molecule has 6 nitrogen and oxygen atoms in total. The van der Waals surface area contributed by atoms with E-state index in [1.54, 1.807) is 0 Å². The van der Waals surface area contributed by atoms with Gasteiger partial charge in [0, 0.05) is 23.3 Å². The Morgan fingerprint density at radius 2 is 1.55 bits per heavy atom. The van der Waals surface area contributed by atoms with Crippen LogP contribution < -0.4 is 11.1 Å². The number of benzene rings is 2. The van der Waals surface area contributed by atoms with Crippen molar-refractivity contribution in [2.24, 2.45) is 11.7 Å². The maximum Gasteiger partial charge on any atom is 0.316 e. The van der Waals surface area contributed by atoms with Crippen molar-refractivity contribution in [3.63, 3.8) is 0 Å². The quantitative estimate of drug-likeness (QED) is 0.727. The first-order chi connectivity index (χ1) is 14.0. The van der Waals surface area contributed by atoms with Crippen LogP contribution in [0.3, 0.4) is 0 Å². The first-order valence-electron chi connectivity index (χ1n) is 10.2. The van der Waals surface area contributed by atoms with E-state index in [9.17, 15) is 14.7 Å². The van der Waals surface area contributed by atoms with Crippen LogP contribution >= 0.6 is 0 Å². The molecule has 0 aromatic heterocycles. The second-order valence-electron chi connectivity index (χ2n) is 8.18. The molecule has 2 unspecified atom stereocenters. The number of nitrogens with two attached hydrogens (primary N) is 1. The molecule has 0 aliphatic carbocycles. The maximum atomic E-state index is 13.1. The molecule has 3 amide bonds. The summed E-state index contributed by atoms with van der Waals surface area (Å²) in [6.07, 6.45) is 5.18. The van der Waals surface area contributed by atoms with Crippen molar-refractivity contribution in [3.8, 4) is 0 Å². The number of rotatable bonds is 5. The Labute approximate surface area is 170 Å². The van der Waals surface area contributed by atoms with Crippen LogP contribution in [0.4, 0.5) is 10.5 Å². The van der Waals surface area contributed by atoms with E-state index < -0.39 is 6.03 Å². The largest absolute Gasteiger partial charge is 0.392 e. The predicted molar refractivity (Wildman–Crippen MR) is 111 cm³/mol. The highest BCUT2D eigenvalue weighted by Gasteiger charge is 2.43. The Morgan fingerprint density at radius 3 is 2.10 bits per heavy atom. The minimum absolute atomic E-state index is 0.00924. The number of primary amides is 1. The van der Waals surface area contributed by atoms with Gasteiger partial charge in [-0.3, -0.25) is 4.79 Å². The van der Waals surface area contributed by atoms with Gasteiger partial charge >= 0.3 is 6.03 Å². The molecule has 2 aromatic rings. The molecule has 2 aliphatic heterocycles. The van der Waals surface area contributed by atoms with E-state index in [4.69, 9.17) is 5.73 Å². The number of aliphatic hydroxyl groups is 1. The van der Waals surface area contributed by atoms with Crippen LogP contribution in [0.5, 0.6) is 0 Å². The summed E-state index contributed by atoms with van der Waals surface area (Å²) >= 11 is 0. The van der Waals surface area contributed by atoms with Crippen LogP contribution in [0.15, 0.2) is 48.5 Å². The molecule has 4 rings (SSSR count). The maximum absolute atomic E-state index is 13.1. The lowest BCUT2D eigenvalue weighted by Crippen LogP contribution is -2.46. The lowest BCUT2D eigenvalue weighted by Gasteiger charge is -2.39. The SMILES string of the molecule is NC(=O)Nc1ccc(CC2CC3CCC(C2)N3C(=O)c2ccc(CO)cc2)cc1. The van der Waals surface area contributed by atoms with E-state index in [0.717, 1.165) is 37.7 Å². The van der Waals surface area contributed by atoms with E-state index in [0.29, 0.717) is 29.3 Å². The molecule has 4 N–H and O–H groups in total. The van der Waals surface area contributed by atoms with Gasteiger partial charge in [-0.15, -0.1) is 0 Å². The zero-order valence-electron chi connectivity index (χ0n) is 16.4. The van der Waals surface area contributed by atoms with E-state index in [2.05, 4.69) is 10.2 Å². The highest BCUT2D eigenvalue weighted by atomic mass is 16.3. The number of aliphatic hydroxyl groups excluding tert-OH is 1. The summed E-state index contributed by atoms with van der Waals surface area (Å²) in [4.78, 5) is 26.1. The van der Waals surface area contributed by atoms with Gasteiger partial charge in [0.1, 0.15) is 0 Å². The Kier molecular flexibility index (Phi) is 5.53. The van der Waals surface area contributed by atoms with Gasteiger partial charge in [0.05, 0.1) is 6.61 Å². The van der Waals surface area contributed by atoms with Crippen molar-refractivity contribution in [2.45, 2.75) is 50.8 Å². The number of hydrogen-bond acceptors (Lipinski definition) is 3. The summed E-state index contributed by atoms with van der Waals surface area (Å²) < 4.78 is 0. The highest BCUT2D eigenvalue weighted by molar-refractivity contribution is 5.95. The number of fused-ring (bicyclic) bond motifs is 2.